The average Bonchev–Trinajstić information content (AvgIpc) is 2.39. The summed E-state index contributed by atoms with van der Waals surface area (Å²) in [7, 11) is 0. The molecule has 0 amide bonds. The van der Waals surface area contributed by atoms with Crippen LogP contribution >= 0.6 is 15.9 Å². The van der Waals surface area contributed by atoms with E-state index < -0.39 is 0 Å². The minimum atomic E-state index is -0.188. The smallest absolute Gasteiger partial charge is 0.230 e. The predicted octanol–water partition coefficient (Wildman–Crippen LogP) is 3.49. The Labute approximate surface area is 115 Å². The highest BCUT2D eigenvalue weighted by Gasteiger charge is 2.22. The number of rotatable bonds is 3. The predicted molar refractivity (Wildman–Crippen MR) is 74.6 cm³/mol. The molecule has 3 heteroatoms. The molecule has 0 spiro atoms. The van der Waals surface area contributed by atoms with E-state index in [0.717, 1.165) is 10.0 Å². The van der Waals surface area contributed by atoms with E-state index in [2.05, 4.69) is 15.9 Å². The number of pyridine rings is 1. The normalized spacial score (nSPS) is 12.2. The monoisotopic (exact) mass is 304 g/mol. The van der Waals surface area contributed by atoms with Crippen LogP contribution in [0.4, 0.5) is 0 Å². The van der Waals surface area contributed by atoms with Gasteiger partial charge in [0.1, 0.15) is 0 Å². The van der Waals surface area contributed by atoms with E-state index >= 15 is 0 Å². The highest BCUT2D eigenvalue weighted by Crippen LogP contribution is 2.14. The van der Waals surface area contributed by atoms with Gasteiger partial charge in [0.15, 0.2) is 12.4 Å². The summed E-state index contributed by atoms with van der Waals surface area (Å²) in [4.78, 5) is 12.3. The topological polar surface area (TPSA) is 20.9 Å². The number of hydrogen-bond donors (Lipinski definition) is 0. The lowest BCUT2D eigenvalue weighted by Crippen LogP contribution is -2.41. The maximum absolute atomic E-state index is 12.3. The van der Waals surface area contributed by atoms with Crippen LogP contribution in [0.5, 0.6) is 0 Å². The van der Waals surface area contributed by atoms with Crippen LogP contribution in [-0.2, 0) is 0 Å². The van der Waals surface area contributed by atoms with Crippen molar-refractivity contribution in [2.24, 2.45) is 0 Å². The maximum atomic E-state index is 12.3. The Morgan fingerprint density at radius 3 is 2.22 bits per heavy atom. The molecule has 2 aromatic rings. The summed E-state index contributed by atoms with van der Waals surface area (Å²) in [6, 6.07) is 11.3. The van der Waals surface area contributed by atoms with Gasteiger partial charge in [-0.1, -0.05) is 28.1 Å². The zero-order valence-corrected chi connectivity index (χ0v) is 12.0. The number of carbonyl (C=O) groups is 1. The van der Waals surface area contributed by atoms with Crippen LogP contribution in [0.1, 0.15) is 28.9 Å². The average molecular weight is 305 g/mol. The minimum Gasteiger partial charge on any atom is -0.287 e. The number of nitrogens with zero attached hydrogens (tertiary/aromatic N) is 1. The van der Waals surface area contributed by atoms with Crippen LogP contribution in [0.2, 0.25) is 0 Å². The molecule has 92 valence electrons. The van der Waals surface area contributed by atoms with Gasteiger partial charge in [-0.2, -0.15) is 4.57 Å². The third-order valence-corrected chi connectivity index (χ3v) is 3.50. The van der Waals surface area contributed by atoms with Crippen LogP contribution in [0.25, 0.3) is 0 Å². The van der Waals surface area contributed by atoms with Gasteiger partial charge in [-0.25, -0.2) is 0 Å². The molecule has 1 aromatic carbocycles. The number of ketones is 1. The summed E-state index contributed by atoms with van der Waals surface area (Å²) < 4.78 is 2.91. The Hall–Kier alpha value is -1.48. The third kappa shape index (κ3) is 2.85. The van der Waals surface area contributed by atoms with Gasteiger partial charge >= 0.3 is 0 Å². The minimum absolute atomic E-state index is 0.122. The molecule has 18 heavy (non-hydrogen) atoms. The highest BCUT2D eigenvalue weighted by molar-refractivity contribution is 9.10. The van der Waals surface area contributed by atoms with E-state index in [-0.39, 0.29) is 11.8 Å². The first kappa shape index (κ1) is 13.0. The Morgan fingerprint density at radius 1 is 1.11 bits per heavy atom. The van der Waals surface area contributed by atoms with E-state index in [1.54, 1.807) is 0 Å². The Bertz CT molecular complexity index is 546. The molecule has 1 atom stereocenters. The quantitative estimate of drug-likeness (QED) is 0.628. The molecule has 2 nitrogen and oxygen atoms in total. The van der Waals surface area contributed by atoms with Crippen molar-refractivity contribution in [3.63, 3.8) is 0 Å². The van der Waals surface area contributed by atoms with E-state index in [9.17, 15) is 4.79 Å². The Balaban J connectivity index is 2.23. The summed E-state index contributed by atoms with van der Waals surface area (Å²) in [5, 5.41) is 0. The molecule has 0 saturated heterocycles. The van der Waals surface area contributed by atoms with Crippen LogP contribution in [0.15, 0.2) is 53.3 Å². The van der Waals surface area contributed by atoms with Crippen LogP contribution < -0.4 is 4.57 Å². The zero-order valence-electron chi connectivity index (χ0n) is 10.4. The second-order valence-corrected chi connectivity index (χ2v) is 5.29. The van der Waals surface area contributed by atoms with Gasteiger partial charge in [0, 0.05) is 29.1 Å². The first-order chi connectivity index (χ1) is 8.58. The number of aromatic nitrogens is 1. The van der Waals surface area contributed by atoms with Gasteiger partial charge in [0.05, 0.1) is 0 Å². The van der Waals surface area contributed by atoms with E-state index in [0.29, 0.717) is 0 Å². The van der Waals surface area contributed by atoms with Gasteiger partial charge in [0.2, 0.25) is 11.8 Å². The second kappa shape index (κ2) is 5.44. The number of carbonyl (C=O) groups excluding carboxylic acids is 1. The summed E-state index contributed by atoms with van der Waals surface area (Å²) >= 11 is 3.37. The number of Topliss-reactive ketones (excluding diaryl/α,β-unsaturated/α-hetero) is 1. The van der Waals surface area contributed by atoms with Crippen molar-refractivity contribution in [1.29, 1.82) is 0 Å². The molecule has 0 saturated carbocycles. The zero-order chi connectivity index (χ0) is 13.1. The molecular formula is C15H15BrNO+. The number of hydrogen-bond acceptors (Lipinski definition) is 1. The second-order valence-electron chi connectivity index (χ2n) is 4.37. The molecule has 1 heterocycles. The van der Waals surface area contributed by atoms with Crippen molar-refractivity contribution in [1.82, 2.24) is 0 Å². The fourth-order valence-electron chi connectivity index (χ4n) is 1.76. The third-order valence-electron chi connectivity index (χ3n) is 2.97. The number of aryl methyl sites for hydroxylation is 1. The molecule has 1 aromatic heterocycles. The molecule has 0 bridgehead atoms. The lowest BCUT2D eigenvalue weighted by atomic mass is 10.1. The molecule has 2 rings (SSSR count). The van der Waals surface area contributed by atoms with E-state index in [1.807, 2.05) is 67.2 Å². The molecular weight excluding hydrogens is 290 g/mol. The molecule has 0 radical (unpaired) electrons. The van der Waals surface area contributed by atoms with Crippen molar-refractivity contribution in [2.75, 3.05) is 0 Å². The molecule has 0 aliphatic carbocycles. The first-order valence-electron chi connectivity index (χ1n) is 5.85. The summed E-state index contributed by atoms with van der Waals surface area (Å²) in [5.74, 6) is 0.122. The Kier molecular flexibility index (Phi) is 3.92. The lowest BCUT2D eigenvalue weighted by Gasteiger charge is -2.06. The van der Waals surface area contributed by atoms with Crippen LogP contribution in [0.3, 0.4) is 0 Å². The van der Waals surface area contributed by atoms with Crippen molar-refractivity contribution < 1.29 is 9.36 Å². The van der Waals surface area contributed by atoms with Gasteiger partial charge in [-0.3, -0.25) is 4.79 Å². The summed E-state index contributed by atoms with van der Waals surface area (Å²) in [5.41, 5.74) is 1.92. The van der Waals surface area contributed by atoms with Gasteiger partial charge < -0.3 is 0 Å². The van der Waals surface area contributed by atoms with Crippen molar-refractivity contribution in [2.45, 2.75) is 19.9 Å². The van der Waals surface area contributed by atoms with Crippen LogP contribution in [0, 0.1) is 6.92 Å². The van der Waals surface area contributed by atoms with Crippen LogP contribution in [-0.4, -0.2) is 5.78 Å². The largest absolute Gasteiger partial charge is 0.287 e. The van der Waals surface area contributed by atoms with E-state index in [4.69, 9.17) is 0 Å². The molecule has 0 unspecified atom stereocenters. The number of halogens is 1. The van der Waals surface area contributed by atoms with Crippen molar-refractivity contribution >= 4 is 21.7 Å². The molecule has 0 fully saturated rings. The SMILES string of the molecule is Cc1cc[n+]([C@@H](C)C(=O)c2ccc(Br)cc2)cc1. The molecule has 0 aliphatic heterocycles. The first-order valence-corrected chi connectivity index (χ1v) is 6.64. The Morgan fingerprint density at radius 2 is 1.67 bits per heavy atom. The van der Waals surface area contributed by atoms with Gasteiger partial charge in [-0.05, 0) is 24.6 Å². The van der Waals surface area contributed by atoms with Crippen molar-refractivity contribution in [3.8, 4) is 0 Å². The highest BCUT2D eigenvalue weighted by atomic mass is 79.9. The molecule has 0 aliphatic rings. The van der Waals surface area contributed by atoms with Gasteiger partial charge in [0.25, 0.3) is 0 Å². The van der Waals surface area contributed by atoms with Gasteiger partial charge in [-0.15, -0.1) is 0 Å². The fraction of sp³-hybridized carbons (Fsp3) is 0.200. The summed E-state index contributed by atoms with van der Waals surface area (Å²) in [6.07, 6.45) is 3.88. The molecule has 0 N–H and O–H groups in total. The number of benzene rings is 1. The van der Waals surface area contributed by atoms with E-state index in [1.165, 1.54) is 5.56 Å². The standard InChI is InChI=1S/C15H15BrNO/c1-11-7-9-17(10-8-11)12(2)15(18)13-3-5-14(16)6-4-13/h3-10,12H,1-2H3/q+1/t12-/m0/s1. The summed E-state index contributed by atoms with van der Waals surface area (Å²) in [6.45, 7) is 3.95. The fourth-order valence-corrected chi connectivity index (χ4v) is 2.03. The van der Waals surface area contributed by atoms with Crippen molar-refractivity contribution in [3.05, 3.63) is 64.4 Å². The maximum Gasteiger partial charge on any atom is 0.230 e. The lowest BCUT2D eigenvalue weighted by molar-refractivity contribution is -0.704.